The number of nitrogens with zero attached hydrogens (tertiary/aromatic N) is 1. The Morgan fingerprint density at radius 1 is 1.56 bits per heavy atom. The maximum absolute atomic E-state index is 11.3. The van der Waals surface area contributed by atoms with Gasteiger partial charge in [0, 0.05) is 13.6 Å². The lowest BCUT2D eigenvalue weighted by molar-refractivity contribution is -0.122. The molecule has 0 radical (unpaired) electrons. The Balaban J connectivity index is 2.69. The Kier molecular flexibility index (Phi) is 5.15. The van der Waals surface area contributed by atoms with Gasteiger partial charge >= 0.3 is 0 Å². The van der Waals surface area contributed by atoms with E-state index in [0.717, 1.165) is 5.56 Å². The van der Waals surface area contributed by atoms with Crippen LogP contribution in [0.15, 0.2) is 18.2 Å². The Hall–Kier alpha value is -2.06. The number of benzene rings is 1. The topological polar surface area (TPSA) is 74.2 Å². The first kappa shape index (κ1) is 14.0. The molecule has 1 rings (SSSR count). The van der Waals surface area contributed by atoms with Gasteiger partial charge in [0.05, 0.1) is 18.7 Å². The molecular weight excluding hydrogens is 230 g/mol. The van der Waals surface area contributed by atoms with E-state index in [9.17, 15) is 4.79 Å². The number of rotatable bonds is 5. The summed E-state index contributed by atoms with van der Waals surface area (Å²) in [6, 6.07) is 7.17. The molecule has 5 heteroatoms. The van der Waals surface area contributed by atoms with Crippen LogP contribution in [0.25, 0.3) is 0 Å². The zero-order chi connectivity index (χ0) is 13.5. The number of nitrogens with one attached hydrogen (secondary N) is 2. The van der Waals surface area contributed by atoms with E-state index in [2.05, 4.69) is 16.7 Å². The molecule has 1 unspecified atom stereocenters. The van der Waals surface area contributed by atoms with Gasteiger partial charge < -0.3 is 15.4 Å². The summed E-state index contributed by atoms with van der Waals surface area (Å²) >= 11 is 0. The molecule has 0 aromatic heterocycles. The minimum Gasteiger partial charge on any atom is -0.495 e. The first-order valence-corrected chi connectivity index (χ1v) is 5.64. The third-order valence-corrected chi connectivity index (χ3v) is 2.64. The second-order valence-corrected chi connectivity index (χ2v) is 3.86. The number of nitriles is 1. The molecule has 1 aromatic rings. The van der Waals surface area contributed by atoms with E-state index in [-0.39, 0.29) is 11.9 Å². The molecular formula is C13H17N3O2. The molecule has 0 spiro atoms. The van der Waals surface area contributed by atoms with Crippen molar-refractivity contribution in [3.05, 3.63) is 29.3 Å². The fourth-order valence-electron chi connectivity index (χ4n) is 1.53. The van der Waals surface area contributed by atoms with Gasteiger partial charge in [-0.15, -0.1) is 0 Å². The van der Waals surface area contributed by atoms with Crippen LogP contribution in [0.1, 0.15) is 18.1 Å². The molecule has 0 aliphatic heterocycles. The molecule has 0 saturated carbocycles. The van der Waals surface area contributed by atoms with Crippen molar-refractivity contribution in [3.63, 3.8) is 0 Å². The molecule has 0 aliphatic carbocycles. The number of carbonyl (C=O) groups is 1. The van der Waals surface area contributed by atoms with Crippen molar-refractivity contribution in [2.75, 3.05) is 14.2 Å². The number of hydrogen-bond acceptors (Lipinski definition) is 4. The van der Waals surface area contributed by atoms with Gasteiger partial charge in [-0.25, -0.2) is 0 Å². The predicted molar refractivity (Wildman–Crippen MR) is 68.1 cm³/mol. The highest BCUT2D eigenvalue weighted by Crippen LogP contribution is 2.18. The Morgan fingerprint density at radius 2 is 2.28 bits per heavy atom. The van der Waals surface area contributed by atoms with Crippen molar-refractivity contribution in [2.45, 2.75) is 19.5 Å². The second-order valence-electron chi connectivity index (χ2n) is 3.86. The van der Waals surface area contributed by atoms with E-state index in [1.807, 2.05) is 6.07 Å². The van der Waals surface area contributed by atoms with Gasteiger partial charge in [0.25, 0.3) is 0 Å². The standard InChI is InChI=1S/C13H17N3O2/c1-9(13(17)15-2)16-8-10-4-5-12(18-3)11(6-10)7-14/h4-6,9,16H,8H2,1-3H3,(H,15,17). The number of ether oxygens (including phenoxy) is 1. The lowest BCUT2D eigenvalue weighted by Crippen LogP contribution is -2.40. The van der Waals surface area contributed by atoms with E-state index in [1.54, 1.807) is 26.1 Å². The highest BCUT2D eigenvalue weighted by molar-refractivity contribution is 5.80. The summed E-state index contributed by atoms with van der Waals surface area (Å²) in [4.78, 5) is 11.3. The van der Waals surface area contributed by atoms with E-state index >= 15 is 0 Å². The van der Waals surface area contributed by atoms with E-state index in [0.29, 0.717) is 17.9 Å². The van der Waals surface area contributed by atoms with Crippen molar-refractivity contribution in [3.8, 4) is 11.8 Å². The average molecular weight is 247 g/mol. The van der Waals surface area contributed by atoms with Crippen LogP contribution in [0.5, 0.6) is 5.75 Å². The van der Waals surface area contributed by atoms with Gasteiger partial charge in [0.1, 0.15) is 11.8 Å². The lowest BCUT2D eigenvalue weighted by Gasteiger charge is -2.12. The van der Waals surface area contributed by atoms with Crippen LogP contribution in [-0.2, 0) is 11.3 Å². The Bertz CT molecular complexity index is 466. The van der Waals surface area contributed by atoms with Gasteiger partial charge in [-0.05, 0) is 24.6 Å². The monoisotopic (exact) mass is 247 g/mol. The van der Waals surface area contributed by atoms with Gasteiger partial charge in [0.15, 0.2) is 0 Å². The Labute approximate surface area is 107 Å². The zero-order valence-corrected chi connectivity index (χ0v) is 10.8. The fourth-order valence-corrected chi connectivity index (χ4v) is 1.53. The number of methoxy groups -OCH3 is 1. The van der Waals surface area contributed by atoms with Crippen molar-refractivity contribution >= 4 is 5.91 Å². The van der Waals surface area contributed by atoms with Gasteiger partial charge in [-0.2, -0.15) is 5.26 Å². The largest absolute Gasteiger partial charge is 0.495 e. The number of carbonyl (C=O) groups excluding carboxylic acids is 1. The van der Waals surface area contributed by atoms with Crippen molar-refractivity contribution < 1.29 is 9.53 Å². The normalized spacial score (nSPS) is 11.4. The molecule has 18 heavy (non-hydrogen) atoms. The molecule has 1 aromatic carbocycles. The van der Waals surface area contributed by atoms with Crippen LogP contribution < -0.4 is 15.4 Å². The summed E-state index contributed by atoms with van der Waals surface area (Å²) in [7, 11) is 3.13. The molecule has 5 nitrogen and oxygen atoms in total. The number of likely N-dealkylation sites (N-methyl/N-ethyl adjacent to an activating group) is 1. The van der Waals surface area contributed by atoms with Gasteiger partial charge in [0.2, 0.25) is 5.91 Å². The minimum absolute atomic E-state index is 0.0657. The van der Waals surface area contributed by atoms with Crippen molar-refractivity contribution in [1.29, 1.82) is 5.26 Å². The molecule has 2 N–H and O–H groups in total. The summed E-state index contributed by atoms with van der Waals surface area (Å²) in [5, 5.41) is 14.6. The van der Waals surface area contributed by atoms with Gasteiger partial charge in [-0.1, -0.05) is 6.07 Å². The SMILES string of the molecule is CNC(=O)C(C)NCc1ccc(OC)c(C#N)c1. The summed E-state index contributed by atoms with van der Waals surface area (Å²) < 4.78 is 5.07. The molecule has 0 saturated heterocycles. The third kappa shape index (κ3) is 3.47. The number of hydrogen-bond donors (Lipinski definition) is 2. The molecule has 0 bridgehead atoms. The number of amides is 1. The maximum Gasteiger partial charge on any atom is 0.236 e. The summed E-state index contributed by atoms with van der Waals surface area (Å²) in [6.45, 7) is 2.31. The molecule has 96 valence electrons. The first-order chi connectivity index (χ1) is 8.62. The fraction of sp³-hybridized carbons (Fsp3) is 0.385. The van der Waals surface area contributed by atoms with Crippen molar-refractivity contribution in [2.24, 2.45) is 0 Å². The van der Waals surface area contributed by atoms with Crippen LogP contribution in [0.2, 0.25) is 0 Å². The van der Waals surface area contributed by atoms with Crippen LogP contribution in [0.4, 0.5) is 0 Å². The maximum atomic E-state index is 11.3. The zero-order valence-electron chi connectivity index (χ0n) is 10.8. The molecule has 1 amide bonds. The minimum atomic E-state index is -0.275. The molecule has 1 atom stereocenters. The second kappa shape index (κ2) is 6.62. The highest BCUT2D eigenvalue weighted by atomic mass is 16.5. The average Bonchev–Trinajstić information content (AvgIpc) is 2.43. The van der Waals surface area contributed by atoms with E-state index in [1.165, 1.54) is 7.11 Å². The summed E-state index contributed by atoms with van der Waals surface area (Å²) in [6.07, 6.45) is 0. The first-order valence-electron chi connectivity index (χ1n) is 5.64. The molecule has 0 fully saturated rings. The highest BCUT2D eigenvalue weighted by Gasteiger charge is 2.10. The summed E-state index contributed by atoms with van der Waals surface area (Å²) in [5.41, 5.74) is 1.42. The van der Waals surface area contributed by atoms with Crippen LogP contribution in [0, 0.1) is 11.3 Å². The van der Waals surface area contributed by atoms with Gasteiger partial charge in [-0.3, -0.25) is 4.79 Å². The van der Waals surface area contributed by atoms with Crippen LogP contribution in [-0.4, -0.2) is 26.1 Å². The molecule has 0 heterocycles. The molecule has 0 aliphatic rings. The lowest BCUT2D eigenvalue weighted by atomic mass is 10.1. The van der Waals surface area contributed by atoms with Crippen LogP contribution >= 0.6 is 0 Å². The predicted octanol–water partition coefficient (Wildman–Crippen LogP) is 0.791. The summed E-state index contributed by atoms with van der Waals surface area (Å²) in [5.74, 6) is 0.490. The Morgan fingerprint density at radius 3 is 2.83 bits per heavy atom. The van der Waals surface area contributed by atoms with E-state index in [4.69, 9.17) is 10.00 Å². The smallest absolute Gasteiger partial charge is 0.236 e. The third-order valence-electron chi connectivity index (χ3n) is 2.64. The quantitative estimate of drug-likeness (QED) is 0.806. The van der Waals surface area contributed by atoms with Crippen molar-refractivity contribution in [1.82, 2.24) is 10.6 Å². The van der Waals surface area contributed by atoms with E-state index < -0.39 is 0 Å². The van der Waals surface area contributed by atoms with Crippen LogP contribution in [0.3, 0.4) is 0 Å².